The fourth-order valence-electron chi connectivity index (χ4n) is 3.26. The van der Waals surface area contributed by atoms with E-state index in [1.54, 1.807) is 47.8 Å². The summed E-state index contributed by atoms with van der Waals surface area (Å²) in [7, 11) is -1.86. The molecule has 1 aliphatic rings. The van der Waals surface area contributed by atoms with Crippen LogP contribution in [0.2, 0.25) is 0 Å². The van der Waals surface area contributed by atoms with Gasteiger partial charge in [-0.1, -0.05) is 25.0 Å². The number of nitrogens with one attached hydrogen (secondary N) is 1. The molecule has 0 radical (unpaired) electrons. The van der Waals surface area contributed by atoms with Gasteiger partial charge in [-0.3, -0.25) is 4.79 Å². The summed E-state index contributed by atoms with van der Waals surface area (Å²) in [6.07, 6.45) is 3.94. The monoisotopic (exact) mass is 402 g/mol. The second kappa shape index (κ2) is 9.32. The lowest BCUT2D eigenvalue weighted by atomic mass is 10.1. The van der Waals surface area contributed by atoms with Crippen LogP contribution in [0.4, 0.5) is 5.69 Å². The largest absolute Gasteiger partial charge is 0.380 e. The number of anilines is 1. The van der Waals surface area contributed by atoms with Crippen LogP contribution in [0.25, 0.3) is 0 Å². The molecule has 0 atom stereocenters. The molecule has 0 aliphatic carbocycles. The maximum Gasteiger partial charge on any atom is 0.255 e. The Morgan fingerprint density at radius 2 is 1.57 bits per heavy atom. The minimum atomic E-state index is -3.48. The van der Waals surface area contributed by atoms with Crippen molar-refractivity contribution in [3.63, 3.8) is 0 Å². The molecule has 0 spiro atoms. The van der Waals surface area contributed by atoms with E-state index in [1.165, 1.54) is 0 Å². The molecule has 1 amide bonds. The van der Waals surface area contributed by atoms with Gasteiger partial charge >= 0.3 is 0 Å². The van der Waals surface area contributed by atoms with Crippen molar-refractivity contribution in [2.75, 3.05) is 25.5 Å². The fourth-order valence-corrected chi connectivity index (χ4v) is 4.78. The molecule has 2 aromatic rings. The van der Waals surface area contributed by atoms with E-state index in [1.807, 2.05) is 12.1 Å². The number of nitrogens with zero attached hydrogens (tertiary/aromatic N) is 1. The minimum Gasteiger partial charge on any atom is -0.380 e. The molecule has 1 N–H and O–H groups in total. The first-order valence-electron chi connectivity index (χ1n) is 9.50. The van der Waals surface area contributed by atoms with Crippen LogP contribution in [0, 0.1) is 0 Å². The first-order valence-corrected chi connectivity index (χ1v) is 10.9. The summed E-state index contributed by atoms with van der Waals surface area (Å²) in [4.78, 5) is 12.6. The van der Waals surface area contributed by atoms with Crippen LogP contribution in [0.1, 0.15) is 41.6 Å². The molecule has 1 heterocycles. The van der Waals surface area contributed by atoms with Crippen LogP contribution in [0.15, 0.2) is 53.4 Å². The van der Waals surface area contributed by atoms with E-state index >= 15 is 0 Å². The molecular formula is C21H26N2O4S. The normalized spacial score (nSPS) is 15.8. The van der Waals surface area contributed by atoms with Crippen molar-refractivity contribution in [3.05, 3.63) is 59.7 Å². The number of methoxy groups -OCH3 is 1. The molecule has 6 nitrogen and oxygen atoms in total. The van der Waals surface area contributed by atoms with Gasteiger partial charge < -0.3 is 10.1 Å². The zero-order chi connectivity index (χ0) is 20.0. The zero-order valence-electron chi connectivity index (χ0n) is 16.1. The number of carbonyl (C=O) groups excluding carboxylic acids is 1. The van der Waals surface area contributed by atoms with Gasteiger partial charge in [0.05, 0.1) is 11.5 Å². The second-order valence-electron chi connectivity index (χ2n) is 6.93. The Kier molecular flexibility index (Phi) is 6.83. The van der Waals surface area contributed by atoms with Crippen LogP contribution in [0.5, 0.6) is 0 Å². The highest BCUT2D eigenvalue weighted by Gasteiger charge is 2.25. The number of hydrogen-bond donors (Lipinski definition) is 1. The predicted octanol–water partition coefficient (Wildman–Crippen LogP) is 3.65. The van der Waals surface area contributed by atoms with Gasteiger partial charge in [-0.15, -0.1) is 0 Å². The quantitative estimate of drug-likeness (QED) is 0.800. The highest BCUT2D eigenvalue weighted by molar-refractivity contribution is 7.89. The molecule has 2 aromatic carbocycles. The van der Waals surface area contributed by atoms with Gasteiger partial charge in [0.2, 0.25) is 10.0 Å². The highest BCUT2D eigenvalue weighted by atomic mass is 32.2. The van der Waals surface area contributed by atoms with Crippen LogP contribution in [-0.4, -0.2) is 38.8 Å². The van der Waals surface area contributed by atoms with Crippen LogP contribution >= 0.6 is 0 Å². The first kappa shape index (κ1) is 20.5. The van der Waals surface area contributed by atoms with Crippen LogP contribution < -0.4 is 5.32 Å². The van der Waals surface area contributed by atoms with Crippen molar-refractivity contribution < 1.29 is 17.9 Å². The molecule has 3 rings (SSSR count). The van der Waals surface area contributed by atoms with Crippen LogP contribution in [-0.2, 0) is 21.4 Å². The minimum absolute atomic E-state index is 0.243. The number of carbonyl (C=O) groups is 1. The van der Waals surface area contributed by atoms with Crippen LogP contribution in [0.3, 0.4) is 0 Å². The third kappa shape index (κ3) is 4.98. The van der Waals surface area contributed by atoms with Crippen molar-refractivity contribution in [1.82, 2.24) is 4.31 Å². The van der Waals surface area contributed by atoms with Gasteiger partial charge in [-0.25, -0.2) is 8.42 Å². The second-order valence-corrected chi connectivity index (χ2v) is 8.86. The van der Waals surface area contributed by atoms with E-state index < -0.39 is 10.0 Å². The van der Waals surface area contributed by atoms with Crippen molar-refractivity contribution >= 4 is 21.6 Å². The van der Waals surface area contributed by atoms with Gasteiger partial charge in [0.1, 0.15) is 0 Å². The smallest absolute Gasteiger partial charge is 0.255 e. The summed E-state index contributed by atoms with van der Waals surface area (Å²) in [5.41, 5.74) is 2.07. The molecule has 150 valence electrons. The lowest BCUT2D eigenvalue weighted by Crippen LogP contribution is -2.31. The van der Waals surface area contributed by atoms with E-state index in [-0.39, 0.29) is 10.8 Å². The Bertz CT molecular complexity index is 885. The summed E-state index contributed by atoms with van der Waals surface area (Å²) in [5, 5.41) is 2.80. The predicted molar refractivity (Wildman–Crippen MR) is 109 cm³/mol. The molecule has 7 heteroatoms. The lowest BCUT2D eigenvalue weighted by molar-refractivity contribution is 0.102. The topological polar surface area (TPSA) is 75.7 Å². The van der Waals surface area contributed by atoms with Crippen molar-refractivity contribution in [1.29, 1.82) is 0 Å². The van der Waals surface area contributed by atoms with Gasteiger partial charge in [0, 0.05) is 31.5 Å². The van der Waals surface area contributed by atoms with Gasteiger partial charge in [0.25, 0.3) is 5.91 Å². The van der Waals surface area contributed by atoms with Gasteiger partial charge in [-0.2, -0.15) is 4.31 Å². The SMILES string of the molecule is COCc1ccc(C(=O)Nc2ccc(S(=O)(=O)N3CCCCCC3)cc2)cc1. The Labute approximate surface area is 166 Å². The number of sulfonamides is 1. The van der Waals surface area contributed by atoms with Crippen molar-refractivity contribution in [3.8, 4) is 0 Å². The van der Waals surface area contributed by atoms with E-state index in [4.69, 9.17) is 4.74 Å². The Morgan fingerprint density at radius 3 is 2.14 bits per heavy atom. The third-order valence-electron chi connectivity index (χ3n) is 4.84. The Balaban J connectivity index is 1.67. The van der Waals surface area contributed by atoms with Gasteiger partial charge in [-0.05, 0) is 54.8 Å². The van der Waals surface area contributed by atoms with E-state index in [0.29, 0.717) is 30.9 Å². The zero-order valence-corrected chi connectivity index (χ0v) is 16.9. The fraction of sp³-hybridized carbons (Fsp3) is 0.381. The van der Waals surface area contributed by atoms with E-state index in [2.05, 4.69) is 5.32 Å². The molecule has 0 unspecified atom stereocenters. The third-order valence-corrected chi connectivity index (χ3v) is 6.75. The number of benzene rings is 2. The summed E-state index contributed by atoms with van der Waals surface area (Å²) >= 11 is 0. The molecule has 0 bridgehead atoms. The van der Waals surface area contributed by atoms with E-state index in [9.17, 15) is 13.2 Å². The van der Waals surface area contributed by atoms with Crippen molar-refractivity contribution in [2.24, 2.45) is 0 Å². The highest BCUT2D eigenvalue weighted by Crippen LogP contribution is 2.22. The summed E-state index contributed by atoms with van der Waals surface area (Å²) in [6.45, 7) is 1.63. The Hall–Kier alpha value is -2.22. The van der Waals surface area contributed by atoms with Crippen molar-refractivity contribution in [2.45, 2.75) is 37.2 Å². The molecule has 28 heavy (non-hydrogen) atoms. The number of ether oxygens (including phenoxy) is 1. The number of rotatable bonds is 6. The molecule has 1 aliphatic heterocycles. The molecule has 1 fully saturated rings. The summed E-state index contributed by atoms with van der Waals surface area (Å²) in [5.74, 6) is -0.243. The number of hydrogen-bond acceptors (Lipinski definition) is 4. The van der Waals surface area contributed by atoms with Gasteiger partial charge in [0.15, 0.2) is 0 Å². The average molecular weight is 403 g/mol. The Morgan fingerprint density at radius 1 is 0.964 bits per heavy atom. The molecule has 1 saturated heterocycles. The number of amides is 1. The summed E-state index contributed by atoms with van der Waals surface area (Å²) < 4.78 is 32.2. The maximum atomic E-state index is 12.8. The first-order chi connectivity index (χ1) is 13.5. The standard InChI is InChI=1S/C21H26N2O4S/c1-27-16-17-6-8-18(9-7-17)21(24)22-19-10-12-20(13-11-19)28(25,26)23-14-4-2-3-5-15-23/h6-13H,2-5,14-16H2,1H3,(H,22,24). The summed E-state index contributed by atoms with van der Waals surface area (Å²) in [6, 6.07) is 13.5. The molecular weight excluding hydrogens is 376 g/mol. The maximum absolute atomic E-state index is 12.8. The molecule has 0 saturated carbocycles. The average Bonchev–Trinajstić information content (AvgIpc) is 2.99. The van der Waals surface area contributed by atoms with E-state index in [0.717, 1.165) is 31.2 Å². The molecule has 0 aromatic heterocycles. The lowest BCUT2D eigenvalue weighted by Gasteiger charge is -2.20.